The van der Waals surface area contributed by atoms with Gasteiger partial charge >= 0.3 is 0 Å². The molecule has 4 heteroatoms. The van der Waals surface area contributed by atoms with Gasteiger partial charge in [0.2, 0.25) is 0 Å². The van der Waals surface area contributed by atoms with Gasteiger partial charge in [-0.3, -0.25) is 4.90 Å². The number of ether oxygens (including phenoxy) is 1. The molecular formula is C15H19N3O. The number of aromatic nitrogens is 1. The Balaban J connectivity index is 1.79. The molecule has 1 aromatic carbocycles. The van der Waals surface area contributed by atoms with Gasteiger partial charge in [0.25, 0.3) is 0 Å². The number of para-hydroxylation sites is 1. The minimum Gasteiger partial charge on any atom is -0.384 e. The maximum Gasteiger partial charge on any atom is 0.124 e. The van der Waals surface area contributed by atoms with Gasteiger partial charge in [-0.25, -0.2) is 4.98 Å². The van der Waals surface area contributed by atoms with E-state index in [2.05, 4.69) is 22.0 Å². The van der Waals surface area contributed by atoms with E-state index in [9.17, 15) is 0 Å². The van der Waals surface area contributed by atoms with Crippen molar-refractivity contribution >= 4 is 16.7 Å². The van der Waals surface area contributed by atoms with Crippen molar-refractivity contribution in [3.8, 4) is 0 Å². The Kier molecular flexibility index (Phi) is 3.62. The second-order valence-electron chi connectivity index (χ2n) is 4.93. The van der Waals surface area contributed by atoms with Crippen LogP contribution in [0.2, 0.25) is 0 Å². The summed E-state index contributed by atoms with van der Waals surface area (Å²) in [7, 11) is 0. The summed E-state index contributed by atoms with van der Waals surface area (Å²) in [6.07, 6.45) is 1.01. The number of nitrogen functional groups attached to an aromatic ring is 1. The summed E-state index contributed by atoms with van der Waals surface area (Å²) in [6.45, 7) is 4.80. The number of hydrogen-bond acceptors (Lipinski definition) is 4. The van der Waals surface area contributed by atoms with Crippen LogP contribution in [0.3, 0.4) is 0 Å². The van der Waals surface area contributed by atoms with Crippen molar-refractivity contribution in [3.05, 3.63) is 35.9 Å². The van der Waals surface area contributed by atoms with Gasteiger partial charge in [0.15, 0.2) is 0 Å². The molecule has 0 bridgehead atoms. The van der Waals surface area contributed by atoms with E-state index in [-0.39, 0.29) is 0 Å². The minimum absolute atomic E-state index is 0.607. The highest BCUT2D eigenvalue weighted by atomic mass is 16.5. The van der Waals surface area contributed by atoms with Crippen molar-refractivity contribution in [1.29, 1.82) is 0 Å². The molecule has 0 unspecified atom stereocenters. The average molecular weight is 257 g/mol. The van der Waals surface area contributed by atoms with Crippen LogP contribution in [0.25, 0.3) is 10.9 Å². The predicted octanol–water partition coefficient (Wildman–Crippen LogP) is 1.69. The first-order valence-corrected chi connectivity index (χ1v) is 6.77. The lowest BCUT2D eigenvalue weighted by molar-refractivity contribution is 0.0385. The number of nitrogens with two attached hydrogens (primary N) is 1. The lowest BCUT2D eigenvalue weighted by Gasteiger charge is -2.26. The van der Waals surface area contributed by atoms with Crippen LogP contribution in [0.15, 0.2) is 30.3 Å². The maximum atomic E-state index is 5.89. The summed E-state index contributed by atoms with van der Waals surface area (Å²) in [5.41, 5.74) is 8.16. The van der Waals surface area contributed by atoms with Gasteiger partial charge in [-0.2, -0.15) is 0 Å². The zero-order valence-corrected chi connectivity index (χ0v) is 11.0. The highest BCUT2D eigenvalue weighted by molar-refractivity contribution is 5.83. The zero-order valence-electron chi connectivity index (χ0n) is 11.0. The van der Waals surface area contributed by atoms with Crippen LogP contribution >= 0.6 is 0 Å². The van der Waals surface area contributed by atoms with Gasteiger partial charge in [0.1, 0.15) is 5.82 Å². The number of anilines is 1. The van der Waals surface area contributed by atoms with E-state index in [1.807, 2.05) is 18.2 Å². The highest BCUT2D eigenvalue weighted by Crippen LogP contribution is 2.20. The molecule has 19 heavy (non-hydrogen) atoms. The van der Waals surface area contributed by atoms with Crippen LogP contribution in [-0.2, 0) is 11.2 Å². The molecule has 1 aliphatic heterocycles. The van der Waals surface area contributed by atoms with Crippen LogP contribution in [0.1, 0.15) is 5.56 Å². The van der Waals surface area contributed by atoms with E-state index in [0.29, 0.717) is 5.82 Å². The normalized spacial score (nSPS) is 16.8. The summed E-state index contributed by atoms with van der Waals surface area (Å²) >= 11 is 0. The third kappa shape index (κ3) is 2.85. The molecule has 0 atom stereocenters. The third-order valence-corrected chi connectivity index (χ3v) is 3.62. The third-order valence-electron chi connectivity index (χ3n) is 3.62. The molecule has 4 nitrogen and oxygen atoms in total. The molecule has 0 radical (unpaired) electrons. The van der Waals surface area contributed by atoms with Crippen molar-refractivity contribution in [2.45, 2.75) is 6.42 Å². The Labute approximate surface area is 113 Å². The van der Waals surface area contributed by atoms with E-state index >= 15 is 0 Å². The summed E-state index contributed by atoms with van der Waals surface area (Å²) in [5, 5.41) is 1.21. The smallest absolute Gasteiger partial charge is 0.124 e. The monoisotopic (exact) mass is 257 g/mol. The van der Waals surface area contributed by atoms with Crippen molar-refractivity contribution in [1.82, 2.24) is 9.88 Å². The van der Waals surface area contributed by atoms with Crippen LogP contribution in [0, 0.1) is 0 Å². The summed E-state index contributed by atoms with van der Waals surface area (Å²) in [5.74, 6) is 0.607. The van der Waals surface area contributed by atoms with Gasteiger partial charge < -0.3 is 10.5 Å². The molecule has 0 aliphatic carbocycles. The number of hydrogen-bond donors (Lipinski definition) is 1. The minimum atomic E-state index is 0.607. The van der Waals surface area contributed by atoms with Gasteiger partial charge in [-0.15, -0.1) is 0 Å². The summed E-state index contributed by atoms with van der Waals surface area (Å²) in [4.78, 5) is 6.81. The molecule has 0 amide bonds. The standard InChI is InChI=1S/C15H19N3O/c16-15-11-12(5-6-18-7-9-19-10-8-18)13-3-1-2-4-14(13)17-15/h1-4,11H,5-10H2,(H2,16,17). The fraction of sp³-hybridized carbons (Fsp3) is 0.400. The van der Waals surface area contributed by atoms with Gasteiger partial charge in [-0.1, -0.05) is 18.2 Å². The largest absolute Gasteiger partial charge is 0.384 e. The Bertz CT molecular complexity index is 564. The first-order valence-electron chi connectivity index (χ1n) is 6.77. The molecule has 0 saturated carbocycles. The molecule has 2 aromatic rings. The molecular weight excluding hydrogens is 238 g/mol. The SMILES string of the molecule is Nc1cc(CCN2CCOCC2)c2ccccc2n1. The van der Waals surface area contributed by atoms with E-state index < -0.39 is 0 Å². The lowest BCUT2D eigenvalue weighted by Crippen LogP contribution is -2.37. The second kappa shape index (κ2) is 5.55. The van der Waals surface area contributed by atoms with E-state index in [1.165, 1.54) is 10.9 Å². The summed E-state index contributed by atoms with van der Waals surface area (Å²) < 4.78 is 5.37. The quantitative estimate of drug-likeness (QED) is 0.909. The lowest BCUT2D eigenvalue weighted by atomic mass is 10.1. The van der Waals surface area contributed by atoms with E-state index in [1.54, 1.807) is 0 Å². The predicted molar refractivity (Wildman–Crippen MR) is 77.1 cm³/mol. The van der Waals surface area contributed by atoms with Gasteiger partial charge in [0.05, 0.1) is 18.7 Å². The molecule has 3 rings (SSSR count). The Morgan fingerprint density at radius 3 is 2.84 bits per heavy atom. The maximum absolute atomic E-state index is 5.89. The number of morpholine rings is 1. The molecule has 1 fully saturated rings. The topological polar surface area (TPSA) is 51.4 Å². The first kappa shape index (κ1) is 12.4. The fourth-order valence-electron chi connectivity index (χ4n) is 2.58. The molecule has 100 valence electrons. The Morgan fingerprint density at radius 1 is 1.21 bits per heavy atom. The zero-order chi connectivity index (χ0) is 13.1. The van der Waals surface area contributed by atoms with Crippen molar-refractivity contribution < 1.29 is 4.74 Å². The fourth-order valence-corrected chi connectivity index (χ4v) is 2.58. The first-order chi connectivity index (χ1) is 9.33. The number of fused-ring (bicyclic) bond motifs is 1. The molecule has 2 N–H and O–H groups in total. The number of rotatable bonds is 3. The van der Waals surface area contributed by atoms with Crippen molar-refractivity contribution in [3.63, 3.8) is 0 Å². The molecule has 0 spiro atoms. The number of nitrogens with zero attached hydrogens (tertiary/aromatic N) is 2. The second-order valence-corrected chi connectivity index (χ2v) is 4.93. The van der Waals surface area contributed by atoms with Crippen LogP contribution in [-0.4, -0.2) is 42.7 Å². The molecule has 1 aromatic heterocycles. The van der Waals surface area contributed by atoms with E-state index in [0.717, 1.165) is 44.8 Å². The Morgan fingerprint density at radius 2 is 2.00 bits per heavy atom. The highest BCUT2D eigenvalue weighted by Gasteiger charge is 2.11. The molecule has 2 heterocycles. The van der Waals surface area contributed by atoms with E-state index in [4.69, 9.17) is 10.5 Å². The number of benzene rings is 1. The van der Waals surface area contributed by atoms with Crippen molar-refractivity contribution in [2.24, 2.45) is 0 Å². The van der Waals surface area contributed by atoms with Gasteiger partial charge in [-0.05, 0) is 24.1 Å². The van der Waals surface area contributed by atoms with Gasteiger partial charge in [0, 0.05) is 25.0 Å². The average Bonchev–Trinajstić information content (AvgIpc) is 2.45. The van der Waals surface area contributed by atoms with Crippen LogP contribution in [0.5, 0.6) is 0 Å². The summed E-state index contributed by atoms with van der Waals surface area (Å²) in [6, 6.07) is 10.2. The van der Waals surface area contributed by atoms with Crippen LogP contribution < -0.4 is 5.73 Å². The Hall–Kier alpha value is -1.65. The number of pyridine rings is 1. The van der Waals surface area contributed by atoms with Crippen molar-refractivity contribution in [2.75, 3.05) is 38.6 Å². The van der Waals surface area contributed by atoms with Crippen LogP contribution in [0.4, 0.5) is 5.82 Å². The molecule has 1 saturated heterocycles. The molecule has 1 aliphatic rings.